The largest absolute Gasteiger partial charge is 0.379 e. The summed E-state index contributed by atoms with van der Waals surface area (Å²) in [6.45, 7) is 6.76. The first-order chi connectivity index (χ1) is 4.21. The first-order valence-electron chi connectivity index (χ1n) is 3.02. The average molecular weight is 182 g/mol. The summed E-state index contributed by atoms with van der Waals surface area (Å²) in [6.07, 6.45) is 0. The van der Waals surface area contributed by atoms with Gasteiger partial charge in [-0.05, 0) is 27.7 Å². The second kappa shape index (κ2) is 3.34. The van der Waals surface area contributed by atoms with Gasteiger partial charge in [0.1, 0.15) is 9.87 Å². The molecule has 0 atom stereocenters. The predicted molar refractivity (Wildman–Crippen MR) is 47.8 cm³/mol. The third-order valence-corrected chi connectivity index (χ3v) is 4.05. The Hall–Kier alpha value is 0.620. The highest BCUT2D eigenvalue weighted by Gasteiger charge is 2.20. The zero-order chi connectivity index (χ0) is 8.41. The highest BCUT2D eigenvalue weighted by atomic mass is 33.1. The van der Waals surface area contributed by atoms with Crippen LogP contribution in [0.5, 0.6) is 0 Å². The molecule has 0 unspecified atom stereocenters. The molecule has 0 bridgehead atoms. The summed E-state index contributed by atoms with van der Waals surface area (Å²) in [7, 11) is 2.53. The van der Waals surface area contributed by atoms with E-state index in [1.165, 1.54) is 21.6 Å². The van der Waals surface area contributed by atoms with E-state index in [9.17, 15) is 10.2 Å². The maximum Gasteiger partial charge on any atom is 0.114 e. The van der Waals surface area contributed by atoms with Crippen LogP contribution in [0.3, 0.4) is 0 Å². The summed E-state index contributed by atoms with van der Waals surface area (Å²) in [5, 5.41) is 18.4. The fourth-order valence-electron chi connectivity index (χ4n) is 0.204. The molecular weight excluding hydrogens is 168 g/mol. The zero-order valence-electron chi connectivity index (χ0n) is 6.71. The molecule has 0 aliphatic heterocycles. The van der Waals surface area contributed by atoms with Gasteiger partial charge in [-0.1, -0.05) is 21.6 Å². The van der Waals surface area contributed by atoms with Gasteiger partial charge in [-0.15, -0.1) is 0 Å². The van der Waals surface area contributed by atoms with Gasteiger partial charge >= 0.3 is 0 Å². The number of hydrogen-bond acceptors (Lipinski definition) is 4. The Labute approximate surface area is 69.8 Å². The SMILES string of the molecule is CC(C)(O)SSC(C)(C)O. The zero-order valence-corrected chi connectivity index (χ0v) is 8.34. The first-order valence-corrected chi connectivity index (χ1v) is 5.17. The summed E-state index contributed by atoms with van der Waals surface area (Å²) < 4.78 is 0. The number of aliphatic hydroxyl groups is 2. The minimum Gasteiger partial charge on any atom is -0.379 e. The molecule has 0 aromatic rings. The van der Waals surface area contributed by atoms with Crippen LogP contribution < -0.4 is 0 Å². The topological polar surface area (TPSA) is 40.5 Å². The Balaban J connectivity index is 3.56. The highest BCUT2D eigenvalue weighted by Crippen LogP contribution is 2.40. The molecule has 4 heteroatoms. The van der Waals surface area contributed by atoms with Crippen molar-refractivity contribution in [2.24, 2.45) is 0 Å². The van der Waals surface area contributed by atoms with Crippen molar-refractivity contribution in [1.82, 2.24) is 0 Å². The molecule has 0 radical (unpaired) electrons. The Kier molecular flexibility index (Phi) is 3.55. The van der Waals surface area contributed by atoms with Crippen LogP contribution in [-0.2, 0) is 0 Å². The van der Waals surface area contributed by atoms with Crippen LogP contribution in [0, 0.1) is 0 Å². The van der Waals surface area contributed by atoms with Gasteiger partial charge in [0, 0.05) is 0 Å². The third-order valence-electron chi connectivity index (χ3n) is 0.450. The van der Waals surface area contributed by atoms with Crippen molar-refractivity contribution in [2.45, 2.75) is 37.6 Å². The average Bonchev–Trinajstić information content (AvgIpc) is 1.57. The Morgan fingerprint density at radius 1 is 0.800 bits per heavy atom. The van der Waals surface area contributed by atoms with Gasteiger partial charge in [-0.2, -0.15) is 0 Å². The molecule has 2 N–H and O–H groups in total. The smallest absolute Gasteiger partial charge is 0.114 e. The molecule has 0 aromatic heterocycles. The van der Waals surface area contributed by atoms with E-state index in [1.807, 2.05) is 0 Å². The van der Waals surface area contributed by atoms with Crippen LogP contribution >= 0.6 is 21.6 Å². The lowest BCUT2D eigenvalue weighted by Crippen LogP contribution is -2.16. The van der Waals surface area contributed by atoms with E-state index in [4.69, 9.17) is 0 Å². The minimum absolute atomic E-state index is 0.773. The summed E-state index contributed by atoms with van der Waals surface area (Å²) in [6, 6.07) is 0. The Morgan fingerprint density at radius 3 is 1.10 bits per heavy atom. The van der Waals surface area contributed by atoms with E-state index < -0.39 is 9.87 Å². The quantitative estimate of drug-likeness (QED) is 0.516. The monoisotopic (exact) mass is 182 g/mol. The minimum atomic E-state index is -0.773. The van der Waals surface area contributed by atoms with Gasteiger partial charge in [0.25, 0.3) is 0 Å². The Bertz CT molecular complexity index is 87.3. The molecular formula is C6H14O2S2. The molecule has 0 spiro atoms. The number of rotatable bonds is 3. The highest BCUT2D eigenvalue weighted by molar-refractivity contribution is 8.77. The van der Waals surface area contributed by atoms with Crippen LogP contribution in [0.2, 0.25) is 0 Å². The van der Waals surface area contributed by atoms with Crippen molar-refractivity contribution in [1.29, 1.82) is 0 Å². The van der Waals surface area contributed by atoms with E-state index in [0.717, 1.165) is 0 Å². The molecule has 62 valence electrons. The van der Waals surface area contributed by atoms with Crippen LogP contribution in [0.1, 0.15) is 27.7 Å². The fourth-order valence-corrected chi connectivity index (χ4v) is 1.84. The van der Waals surface area contributed by atoms with Crippen molar-refractivity contribution < 1.29 is 10.2 Å². The predicted octanol–water partition coefficient (Wildman–Crippen LogP) is 1.82. The van der Waals surface area contributed by atoms with E-state index in [1.54, 1.807) is 27.7 Å². The maximum absolute atomic E-state index is 9.21. The van der Waals surface area contributed by atoms with E-state index in [0.29, 0.717) is 0 Å². The van der Waals surface area contributed by atoms with Crippen LogP contribution in [0.25, 0.3) is 0 Å². The second-order valence-electron chi connectivity index (χ2n) is 3.06. The van der Waals surface area contributed by atoms with Gasteiger partial charge in [0.05, 0.1) is 0 Å². The summed E-state index contributed by atoms with van der Waals surface area (Å²) in [5.41, 5.74) is 0. The molecule has 0 amide bonds. The summed E-state index contributed by atoms with van der Waals surface area (Å²) >= 11 is 0. The van der Waals surface area contributed by atoms with Crippen LogP contribution in [0.15, 0.2) is 0 Å². The molecule has 0 aromatic carbocycles. The standard InChI is InChI=1S/C6H14O2S2/c1-5(2,7)9-10-6(3,4)8/h7-8H,1-4H3. The lowest BCUT2D eigenvalue weighted by atomic mass is 10.5. The third kappa shape index (κ3) is 8.62. The van der Waals surface area contributed by atoms with E-state index >= 15 is 0 Å². The maximum atomic E-state index is 9.21. The summed E-state index contributed by atoms with van der Waals surface area (Å²) in [4.78, 5) is -1.55. The van der Waals surface area contributed by atoms with Crippen LogP contribution in [0.4, 0.5) is 0 Å². The normalized spacial score (nSPS) is 13.8. The lowest BCUT2D eigenvalue weighted by molar-refractivity contribution is 0.175. The van der Waals surface area contributed by atoms with Crippen molar-refractivity contribution in [3.05, 3.63) is 0 Å². The molecule has 0 saturated carbocycles. The molecule has 0 aliphatic rings. The molecule has 2 nitrogen and oxygen atoms in total. The fraction of sp³-hybridized carbons (Fsp3) is 1.00. The molecule has 0 aliphatic carbocycles. The second-order valence-corrected chi connectivity index (χ2v) is 6.39. The van der Waals surface area contributed by atoms with Crippen molar-refractivity contribution in [3.8, 4) is 0 Å². The number of hydrogen-bond donors (Lipinski definition) is 2. The molecule has 0 saturated heterocycles. The Morgan fingerprint density at radius 2 is 1.00 bits per heavy atom. The van der Waals surface area contributed by atoms with Gasteiger partial charge in [0.2, 0.25) is 0 Å². The first kappa shape index (κ1) is 10.6. The van der Waals surface area contributed by atoms with Gasteiger partial charge in [-0.25, -0.2) is 0 Å². The van der Waals surface area contributed by atoms with Crippen molar-refractivity contribution in [2.75, 3.05) is 0 Å². The molecule has 0 fully saturated rings. The van der Waals surface area contributed by atoms with Crippen molar-refractivity contribution >= 4 is 21.6 Å². The van der Waals surface area contributed by atoms with E-state index in [2.05, 4.69) is 0 Å². The van der Waals surface area contributed by atoms with Crippen molar-refractivity contribution in [3.63, 3.8) is 0 Å². The molecule has 0 rings (SSSR count). The van der Waals surface area contributed by atoms with Gasteiger partial charge in [0.15, 0.2) is 0 Å². The van der Waals surface area contributed by atoms with Gasteiger partial charge in [-0.3, -0.25) is 0 Å². The molecule has 10 heavy (non-hydrogen) atoms. The lowest BCUT2D eigenvalue weighted by Gasteiger charge is -2.21. The summed E-state index contributed by atoms with van der Waals surface area (Å²) in [5.74, 6) is 0. The van der Waals surface area contributed by atoms with Gasteiger partial charge < -0.3 is 10.2 Å². The van der Waals surface area contributed by atoms with Crippen LogP contribution in [-0.4, -0.2) is 20.1 Å². The van der Waals surface area contributed by atoms with E-state index in [-0.39, 0.29) is 0 Å². The molecule has 0 heterocycles.